The molecule has 0 N–H and O–H groups in total. The van der Waals surface area contributed by atoms with Crippen molar-refractivity contribution >= 4 is 11.2 Å². The van der Waals surface area contributed by atoms with Crippen LogP contribution in [-0.4, -0.2) is 6.61 Å². The first-order chi connectivity index (χ1) is 4.43. The van der Waals surface area contributed by atoms with Crippen LogP contribution in [0, 0.1) is 6.92 Å². The van der Waals surface area contributed by atoms with Crippen LogP contribution in [0.5, 0.6) is 0 Å². The molecule has 0 aliphatic carbocycles. The molecule has 0 aromatic rings. The predicted molar refractivity (Wildman–Crippen MR) is 43.2 cm³/mol. The van der Waals surface area contributed by atoms with E-state index in [1.807, 2.05) is 12.2 Å². The van der Waals surface area contributed by atoms with E-state index in [1.165, 1.54) is 0 Å². The molecule has 51 valence electrons. The van der Waals surface area contributed by atoms with Crippen LogP contribution < -0.4 is 0 Å². The number of hydrogen-bond donors (Lipinski definition) is 1. The first-order valence-corrected chi connectivity index (χ1v) is 4.39. The van der Waals surface area contributed by atoms with Gasteiger partial charge in [-0.15, -0.1) is 11.2 Å². The maximum atomic E-state index is 5.38. The van der Waals surface area contributed by atoms with Gasteiger partial charge < -0.3 is 4.18 Å². The zero-order valence-corrected chi connectivity index (χ0v) is 6.18. The topological polar surface area (TPSA) is 9.23 Å². The zero-order chi connectivity index (χ0) is 6.53. The Labute approximate surface area is 59.0 Å². The third-order valence-electron chi connectivity index (χ3n) is 0.962. The summed E-state index contributed by atoms with van der Waals surface area (Å²) >= 11 is -0.352. The SMILES string of the molecule is [CH2]CCO[SH]1C=CC=C1. The van der Waals surface area contributed by atoms with Gasteiger partial charge >= 0.3 is 0 Å². The van der Waals surface area contributed by atoms with Crippen LogP contribution in [0.3, 0.4) is 0 Å². The molecule has 0 unspecified atom stereocenters. The molecule has 0 fully saturated rings. The Bertz CT molecular complexity index is 117. The highest BCUT2D eigenvalue weighted by molar-refractivity contribution is 8.18. The third kappa shape index (κ3) is 2.24. The molecule has 0 aromatic heterocycles. The summed E-state index contributed by atoms with van der Waals surface area (Å²) in [4.78, 5) is 0. The molecule has 1 aliphatic heterocycles. The smallest absolute Gasteiger partial charge is 0.0597 e. The highest BCUT2D eigenvalue weighted by Crippen LogP contribution is 2.33. The standard InChI is InChI=1S/C7H11OS/c1-2-5-8-9-6-3-4-7-9/h3-4,6-7,9H,1-2,5H2. The number of rotatable bonds is 3. The van der Waals surface area contributed by atoms with Gasteiger partial charge in [0, 0.05) is 0 Å². The van der Waals surface area contributed by atoms with Gasteiger partial charge in [-0.3, -0.25) is 0 Å². The van der Waals surface area contributed by atoms with E-state index in [4.69, 9.17) is 4.18 Å². The monoisotopic (exact) mass is 143 g/mol. The van der Waals surface area contributed by atoms with Gasteiger partial charge in [-0.2, -0.15) is 0 Å². The highest BCUT2D eigenvalue weighted by atomic mass is 32.2. The fraction of sp³-hybridized carbons (Fsp3) is 0.286. The van der Waals surface area contributed by atoms with E-state index in [0.29, 0.717) is 0 Å². The molecule has 0 amide bonds. The van der Waals surface area contributed by atoms with Crippen molar-refractivity contribution in [2.24, 2.45) is 0 Å². The molecule has 9 heavy (non-hydrogen) atoms. The van der Waals surface area contributed by atoms with Gasteiger partial charge in [-0.25, -0.2) is 0 Å². The quantitative estimate of drug-likeness (QED) is 0.596. The van der Waals surface area contributed by atoms with Gasteiger partial charge in [0.25, 0.3) is 0 Å². The van der Waals surface area contributed by atoms with Crippen LogP contribution in [0.1, 0.15) is 6.42 Å². The van der Waals surface area contributed by atoms with Gasteiger partial charge in [0.05, 0.1) is 6.61 Å². The van der Waals surface area contributed by atoms with Gasteiger partial charge in [-0.1, -0.05) is 19.1 Å². The Morgan fingerprint density at radius 3 is 2.56 bits per heavy atom. The van der Waals surface area contributed by atoms with Gasteiger partial charge in [0.15, 0.2) is 0 Å². The lowest BCUT2D eigenvalue weighted by Crippen LogP contribution is -1.84. The number of allylic oxidation sites excluding steroid dienone is 2. The molecule has 0 saturated carbocycles. The summed E-state index contributed by atoms with van der Waals surface area (Å²) in [6, 6.07) is 0. The summed E-state index contributed by atoms with van der Waals surface area (Å²) in [5, 5.41) is 4.18. The Balaban J connectivity index is 2.13. The molecule has 0 saturated heterocycles. The van der Waals surface area contributed by atoms with Crippen LogP contribution >= 0.6 is 11.2 Å². The number of hydrogen-bond acceptors (Lipinski definition) is 1. The van der Waals surface area contributed by atoms with Crippen LogP contribution in [0.25, 0.3) is 0 Å². The van der Waals surface area contributed by atoms with Gasteiger partial charge in [0.1, 0.15) is 0 Å². The largest absolute Gasteiger partial charge is 0.332 e. The lowest BCUT2D eigenvalue weighted by atomic mass is 10.5. The molecule has 2 heteroatoms. The normalized spacial score (nSPS) is 19.4. The molecule has 1 aliphatic rings. The van der Waals surface area contributed by atoms with E-state index in [9.17, 15) is 0 Å². The maximum absolute atomic E-state index is 5.38. The second-order valence-electron chi connectivity index (χ2n) is 1.73. The average molecular weight is 143 g/mol. The van der Waals surface area contributed by atoms with E-state index < -0.39 is 0 Å². The van der Waals surface area contributed by atoms with Crippen LogP contribution in [0.15, 0.2) is 23.0 Å². The molecular weight excluding hydrogens is 132 g/mol. The predicted octanol–water partition coefficient (Wildman–Crippen LogP) is 2.18. The van der Waals surface area contributed by atoms with Crippen LogP contribution in [0.4, 0.5) is 0 Å². The van der Waals surface area contributed by atoms with E-state index in [1.54, 1.807) is 0 Å². The maximum Gasteiger partial charge on any atom is 0.0597 e. The molecule has 1 radical (unpaired) electrons. The fourth-order valence-corrected chi connectivity index (χ4v) is 1.72. The van der Waals surface area contributed by atoms with Crippen molar-refractivity contribution in [3.05, 3.63) is 29.9 Å². The van der Waals surface area contributed by atoms with E-state index in [-0.39, 0.29) is 11.2 Å². The molecule has 0 bridgehead atoms. The molecule has 0 atom stereocenters. The summed E-state index contributed by atoms with van der Waals surface area (Å²) < 4.78 is 5.38. The molecule has 1 heterocycles. The Morgan fingerprint density at radius 1 is 1.33 bits per heavy atom. The molecular formula is C7H11OS. The second kappa shape index (κ2) is 3.75. The van der Waals surface area contributed by atoms with Crippen molar-refractivity contribution in [3.8, 4) is 0 Å². The van der Waals surface area contributed by atoms with Crippen LogP contribution in [0.2, 0.25) is 0 Å². The summed E-state index contributed by atoms with van der Waals surface area (Å²) in [5.74, 6) is 0. The summed E-state index contributed by atoms with van der Waals surface area (Å²) in [6.07, 6.45) is 4.91. The van der Waals surface area contributed by atoms with Crippen molar-refractivity contribution in [2.45, 2.75) is 6.42 Å². The van der Waals surface area contributed by atoms with Crippen molar-refractivity contribution in [1.29, 1.82) is 0 Å². The average Bonchev–Trinajstić information content (AvgIpc) is 2.34. The lowest BCUT2D eigenvalue weighted by molar-refractivity contribution is 0.380. The summed E-state index contributed by atoms with van der Waals surface area (Å²) in [7, 11) is 0. The van der Waals surface area contributed by atoms with Crippen molar-refractivity contribution in [1.82, 2.24) is 0 Å². The first-order valence-electron chi connectivity index (χ1n) is 2.99. The number of thiol groups is 1. The van der Waals surface area contributed by atoms with Crippen molar-refractivity contribution < 1.29 is 4.18 Å². The zero-order valence-electron chi connectivity index (χ0n) is 5.29. The lowest BCUT2D eigenvalue weighted by Gasteiger charge is -2.08. The van der Waals surface area contributed by atoms with Crippen molar-refractivity contribution in [2.75, 3.05) is 6.61 Å². The molecule has 0 aromatic carbocycles. The van der Waals surface area contributed by atoms with Gasteiger partial charge in [-0.05, 0) is 17.2 Å². The Morgan fingerprint density at radius 2 is 2.00 bits per heavy atom. The second-order valence-corrected chi connectivity index (χ2v) is 3.30. The van der Waals surface area contributed by atoms with E-state index in [2.05, 4.69) is 17.7 Å². The van der Waals surface area contributed by atoms with E-state index >= 15 is 0 Å². The Hall–Kier alpha value is -0.210. The molecule has 0 spiro atoms. The summed E-state index contributed by atoms with van der Waals surface area (Å²) in [6.45, 7) is 4.46. The molecule has 1 nitrogen and oxygen atoms in total. The van der Waals surface area contributed by atoms with E-state index in [0.717, 1.165) is 13.0 Å². The minimum atomic E-state index is -0.352. The minimum absolute atomic E-state index is 0.352. The first kappa shape index (κ1) is 6.90. The van der Waals surface area contributed by atoms with Crippen LogP contribution in [-0.2, 0) is 4.18 Å². The molecule has 1 rings (SSSR count). The summed E-state index contributed by atoms with van der Waals surface area (Å²) in [5.41, 5.74) is 0. The minimum Gasteiger partial charge on any atom is -0.332 e. The Kier molecular flexibility index (Phi) is 2.87. The third-order valence-corrected chi connectivity index (χ3v) is 2.37. The highest BCUT2D eigenvalue weighted by Gasteiger charge is 1.95. The fourth-order valence-electron chi connectivity index (χ4n) is 0.575. The van der Waals surface area contributed by atoms with Crippen molar-refractivity contribution in [3.63, 3.8) is 0 Å². The van der Waals surface area contributed by atoms with Gasteiger partial charge in [0.2, 0.25) is 0 Å².